The second kappa shape index (κ2) is 7.61. The minimum absolute atomic E-state index is 0.360. The molecule has 148 valence electrons. The number of carbonyl (C=O) groups is 1. The average Bonchev–Trinajstić information content (AvgIpc) is 3.24. The molecule has 0 spiro atoms. The number of sulfonamides is 1. The molecule has 0 radical (unpaired) electrons. The van der Waals surface area contributed by atoms with E-state index in [9.17, 15) is 13.2 Å². The van der Waals surface area contributed by atoms with Crippen LogP contribution in [0.5, 0.6) is 11.5 Å². The number of benzene rings is 1. The van der Waals surface area contributed by atoms with Gasteiger partial charge in [-0.15, -0.1) is 0 Å². The molecule has 0 aliphatic carbocycles. The van der Waals surface area contributed by atoms with Crippen LogP contribution >= 0.6 is 11.3 Å². The fraction of sp³-hybridized carbons (Fsp3) is 0.529. The van der Waals surface area contributed by atoms with Crippen LogP contribution < -0.4 is 14.3 Å². The number of amides is 1. The van der Waals surface area contributed by atoms with Crippen LogP contribution in [0.4, 0.5) is 0 Å². The van der Waals surface area contributed by atoms with Crippen LogP contribution in [0.2, 0.25) is 0 Å². The van der Waals surface area contributed by atoms with Crippen molar-refractivity contribution in [2.24, 2.45) is 4.99 Å². The molecule has 1 aliphatic rings. The standard InChI is InChI=1S/C17H23N3O5S2/c1-5-19-12-9-13(24-2)14(25-3)10-15(12)26-17(19)18-16(21)11-7-6-8-20(11)27(4,22)23/h9-11H,5-8H2,1-4H3. The van der Waals surface area contributed by atoms with Crippen LogP contribution in [-0.4, -0.2) is 56.3 Å². The van der Waals surface area contributed by atoms with E-state index in [-0.39, 0.29) is 0 Å². The zero-order valence-electron chi connectivity index (χ0n) is 15.8. The van der Waals surface area contributed by atoms with Gasteiger partial charge < -0.3 is 14.0 Å². The molecule has 2 heterocycles. The fourth-order valence-corrected chi connectivity index (χ4v) is 5.57. The molecule has 1 aromatic heterocycles. The Morgan fingerprint density at radius 2 is 1.96 bits per heavy atom. The normalized spacial score (nSPS) is 19.0. The lowest BCUT2D eigenvalue weighted by Gasteiger charge is -2.18. The lowest BCUT2D eigenvalue weighted by Crippen LogP contribution is -2.39. The summed E-state index contributed by atoms with van der Waals surface area (Å²) in [4.78, 5) is 17.5. The van der Waals surface area contributed by atoms with E-state index in [0.29, 0.717) is 42.2 Å². The molecule has 0 N–H and O–H groups in total. The zero-order chi connectivity index (χ0) is 19.8. The Bertz CT molecular complexity index is 1040. The van der Waals surface area contributed by atoms with E-state index in [1.54, 1.807) is 14.2 Å². The molecule has 1 unspecified atom stereocenters. The first-order valence-electron chi connectivity index (χ1n) is 8.61. The van der Waals surface area contributed by atoms with Crippen molar-refractivity contribution in [1.29, 1.82) is 0 Å². The Labute approximate surface area is 162 Å². The molecule has 1 aliphatic heterocycles. The van der Waals surface area contributed by atoms with E-state index in [2.05, 4.69) is 4.99 Å². The van der Waals surface area contributed by atoms with E-state index in [1.165, 1.54) is 15.6 Å². The summed E-state index contributed by atoms with van der Waals surface area (Å²) in [5, 5.41) is 0. The second-order valence-corrected chi connectivity index (χ2v) is 9.23. The summed E-state index contributed by atoms with van der Waals surface area (Å²) in [6.45, 7) is 2.94. The monoisotopic (exact) mass is 413 g/mol. The Hall–Kier alpha value is -1.91. The highest BCUT2D eigenvalue weighted by Crippen LogP contribution is 2.33. The lowest BCUT2D eigenvalue weighted by atomic mass is 10.2. The number of thiazole rings is 1. The predicted octanol–water partition coefficient (Wildman–Crippen LogP) is 1.59. The third kappa shape index (κ3) is 3.74. The Kier molecular flexibility index (Phi) is 5.59. The number of hydrogen-bond donors (Lipinski definition) is 0. The highest BCUT2D eigenvalue weighted by Gasteiger charge is 2.36. The van der Waals surface area contributed by atoms with Crippen molar-refractivity contribution in [3.05, 3.63) is 16.9 Å². The van der Waals surface area contributed by atoms with E-state index < -0.39 is 22.0 Å². The summed E-state index contributed by atoms with van der Waals surface area (Å²) in [5.74, 6) is 0.777. The quantitative estimate of drug-likeness (QED) is 0.743. The SMILES string of the molecule is CCn1c(=NC(=O)C2CCCN2S(C)(=O)=O)sc2cc(OC)c(OC)cc21. The Morgan fingerprint density at radius 3 is 2.56 bits per heavy atom. The number of hydrogen-bond acceptors (Lipinski definition) is 6. The summed E-state index contributed by atoms with van der Waals surface area (Å²) in [5.41, 5.74) is 0.887. The molecule has 3 rings (SSSR count). The molecule has 8 nitrogen and oxygen atoms in total. The molecule has 1 aromatic carbocycles. The molecular formula is C17H23N3O5S2. The number of rotatable bonds is 5. The number of aromatic nitrogens is 1. The summed E-state index contributed by atoms with van der Waals surface area (Å²) in [6, 6.07) is 2.99. The molecule has 2 aromatic rings. The largest absolute Gasteiger partial charge is 0.493 e. The zero-order valence-corrected chi connectivity index (χ0v) is 17.4. The Balaban J connectivity index is 2.09. The number of aryl methyl sites for hydroxylation is 1. The van der Waals surface area contributed by atoms with Crippen molar-refractivity contribution in [1.82, 2.24) is 8.87 Å². The van der Waals surface area contributed by atoms with E-state index in [0.717, 1.165) is 16.5 Å². The third-order valence-corrected chi connectivity index (χ3v) is 6.96. The second-order valence-electron chi connectivity index (χ2n) is 6.29. The van der Waals surface area contributed by atoms with Gasteiger partial charge in [0, 0.05) is 25.2 Å². The van der Waals surface area contributed by atoms with Crippen LogP contribution in [0.3, 0.4) is 0 Å². The highest BCUT2D eigenvalue weighted by molar-refractivity contribution is 7.88. The molecule has 0 bridgehead atoms. The van der Waals surface area contributed by atoms with Gasteiger partial charge in [-0.25, -0.2) is 8.42 Å². The van der Waals surface area contributed by atoms with Crippen molar-refractivity contribution in [2.45, 2.75) is 32.4 Å². The van der Waals surface area contributed by atoms with Gasteiger partial charge in [0.15, 0.2) is 16.3 Å². The molecule has 1 fully saturated rings. The maximum absolute atomic E-state index is 12.7. The smallest absolute Gasteiger partial charge is 0.266 e. The first-order chi connectivity index (χ1) is 12.8. The lowest BCUT2D eigenvalue weighted by molar-refractivity contribution is -0.121. The predicted molar refractivity (Wildman–Crippen MR) is 104 cm³/mol. The molecule has 0 saturated carbocycles. The van der Waals surface area contributed by atoms with E-state index in [1.807, 2.05) is 23.6 Å². The number of carbonyl (C=O) groups excluding carboxylic acids is 1. The highest BCUT2D eigenvalue weighted by atomic mass is 32.2. The molecule has 27 heavy (non-hydrogen) atoms. The molecule has 1 saturated heterocycles. The molecular weight excluding hydrogens is 390 g/mol. The fourth-order valence-electron chi connectivity index (χ4n) is 3.34. The van der Waals surface area contributed by atoms with Gasteiger partial charge in [-0.2, -0.15) is 9.30 Å². The number of nitrogens with zero attached hydrogens (tertiary/aromatic N) is 3. The van der Waals surface area contributed by atoms with Crippen LogP contribution in [0.25, 0.3) is 10.2 Å². The van der Waals surface area contributed by atoms with Gasteiger partial charge in [-0.05, 0) is 19.8 Å². The van der Waals surface area contributed by atoms with E-state index >= 15 is 0 Å². The Morgan fingerprint density at radius 1 is 1.30 bits per heavy atom. The van der Waals surface area contributed by atoms with Gasteiger partial charge in [0.2, 0.25) is 10.0 Å². The number of methoxy groups -OCH3 is 2. The summed E-state index contributed by atoms with van der Waals surface area (Å²) >= 11 is 1.36. The summed E-state index contributed by atoms with van der Waals surface area (Å²) in [7, 11) is -0.292. The first-order valence-corrected chi connectivity index (χ1v) is 11.3. The van der Waals surface area contributed by atoms with Gasteiger partial charge in [0.25, 0.3) is 5.91 Å². The van der Waals surface area contributed by atoms with Crippen molar-refractivity contribution in [3.63, 3.8) is 0 Å². The van der Waals surface area contributed by atoms with Crippen molar-refractivity contribution in [3.8, 4) is 11.5 Å². The van der Waals surface area contributed by atoms with Gasteiger partial charge in [-0.1, -0.05) is 11.3 Å². The average molecular weight is 414 g/mol. The first kappa shape index (κ1) is 19.8. The third-order valence-electron chi connectivity index (χ3n) is 4.62. The molecule has 1 atom stereocenters. The molecule has 10 heteroatoms. The summed E-state index contributed by atoms with van der Waals surface area (Å²) < 4.78 is 38.6. The molecule has 1 amide bonds. The van der Waals surface area contributed by atoms with Gasteiger partial charge in [0.05, 0.1) is 30.7 Å². The number of fused-ring (bicyclic) bond motifs is 1. The van der Waals surface area contributed by atoms with Crippen molar-refractivity contribution >= 4 is 37.5 Å². The van der Waals surface area contributed by atoms with Crippen molar-refractivity contribution < 1.29 is 22.7 Å². The number of ether oxygens (including phenoxy) is 2. The van der Waals surface area contributed by atoms with E-state index in [4.69, 9.17) is 9.47 Å². The van der Waals surface area contributed by atoms with Crippen molar-refractivity contribution in [2.75, 3.05) is 27.0 Å². The van der Waals surface area contributed by atoms with Crippen LogP contribution in [-0.2, 0) is 21.4 Å². The summed E-state index contributed by atoms with van der Waals surface area (Å²) in [6.07, 6.45) is 2.28. The minimum atomic E-state index is -3.43. The van der Waals surface area contributed by atoms with Crippen LogP contribution in [0, 0.1) is 0 Å². The van der Waals surface area contributed by atoms with Crippen LogP contribution in [0.1, 0.15) is 19.8 Å². The van der Waals surface area contributed by atoms with Gasteiger partial charge >= 0.3 is 0 Å². The van der Waals surface area contributed by atoms with Crippen LogP contribution in [0.15, 0.2) is 17.1 Å². The maximum Gasteiger partial charge on any atom is 0.266 e. The van der Waals surface area contributed by atoms with Gasteiger partial charge in [0.1, 0.15) is 6.04 Å². The topological polar surface area (TPSA) is 90.2 Å². The van der Waals surface area contributed by atoms with Gasteiger partial charge in [-0.3, -0.25) is 4.79 Å². The maximum atomic E-state index is 12.7. The minimum Gasteiger partial charge on any atom is -0.493 e.